The Bertz CT molecular complexity index is 942. The smallest absolute Gasteiger partial charge is 0.338 e. The summed E-state index contributed by atoms with van der Waals surface area (Å²) in [6, 6.07) is 13.5. The molecule has 3 rings (SSSR count). The Morgan fingerprint density at radius 1 is 1.08 bits per heavy atom. The van der Waals surface area contributed by atoms with Gasteiger partial charge in [0.05, 0.1) is 16.3 Å². The van der Waals surface area contributed by atoms with Crippen molar-refractivity contribution >= 4 is 23.4 Å². The molecule has 5 nitrogen and oxygen atoms in total. The summed E-state index contributed by atoms with van der Waals surface area (Å²) in [5.41, 5.74) is 3.50. The molecule has 0 spiro atoms. The van der Waals surface area contributed by atoms with Crippen LogP contribution >= 0.6 is 11.6 Å². The number of ether oxygens (including phenoxy) is 1. The number of halogens is 1. The molecule has 0 radical (unpaired) electrons. The predicted molar refractivity (Wildman–Crippen MR) is 99.6 cm³/mol. The summed E-state index contributed by atoms with van der Waals surface area (Å²) in [4.78, 5) is 31.9. The van der Waals surface area contributed by atoms with E-state index in [0.29, 0.717) is 16.1 Å². The van der Waals surface area contributed by atoms with E-state index in [1.807, 2.05) is 13.8 Å². The van der Waals surface area contributed by atoms with Crippen LogP contribution in [0.5, 0.6) is 0 Å². The molecule has 6 heteroatoms. The zero-order valence-electron chi connectivity index (χ0n) is 14.4. The van der Waals surface area contributed by atoms with Gasteiger partial charge in [-0.3, -0.25) is 4.79 Å². The maximum Gasteiger partial charge on any atom is 0.338 e. The Balaban J connectivity index is 1.65. The quantitative estimate of drug-likeness (QED) is 0.535. The summed E-state index contributed by atoms with van der Waals surface area (Å²) in [6.45, 7) is 3.52. The first-order chi connectivity index (χ1) is 12.5. The van der Waals surface area contributed by atoms with Gasteiger partial charge in [0.2, 0.25) is 5.78 Å². The van der Waals surface area contributed by atoms with E-state index >= 15 is 0 Å². The van der Waals surface area contributed by atoms with Crippen molar-refractivity contribution < 1.29 is 14.3 Å². The average molecular weight is 369 g/mol. The lowest BCUT2D eigenvalue weighted by molar-refractivity contribution is 0.0475. The first kappa shape index (κ1) is 17.9. The van der Waals surface area contributed by atoms with Crippen LogP contribution < -0.4 is 0 Å². The van der Waals surface area contributed by atoms with Crippen LogP contribution in [-0.2, 0) is 4.74 Å². The third kappa shape index (κ3) is 3.83. The highest BCUT2D eigenvalue weighted by molar-refractivity contribution is 6.34. The summed E-state index contributed by atoms with van der Waals surface area (Å²) < 4.78 is 5.10. The van der Waals surface area contributed by atoms with Gasteiger partial charge in [-0.25, -0.2) is 9.78 Å². The summed E-state index contributed by atoms with van der Waals surface area (Å²) >= 11 is 5.97. The number of esters is 1. The second kappa shape index (κ2) is 7.54. The van der Waals surface area contributed by atoms with E-state index in [-0.39, 0.29) is 12.4 Å². The molecular formula is C20H17ClN2O3. The third-order valence-corrected chi connectivity index (χ3v) is 4.36. The number of aryl methyl sites for hydroxylation is 2. The van der Waals surface area contributed by atoms with Crippen LogP contribution in [0.2, 0.25) is 5.02 Å². The zero-order chi connectivity index (χ0) is 18.7. The highest BCUT2D eigenvalue weighted by Gasteiger charge is 2.14. The van der Waals surface area contributed by atoms with Crippen LogP contribution in [0.15, 0.2) is 48.5 Å². The van der Waals surface area contributed by atoms with Crippen molar-refractivity contribution in [3.63, 3.8) is 0 Å². The SMILES string of the molecule is Cc1nc(-c2ccc(C(=O)OCC(=O)c3ccccc3Cl)cc2)[nH]c1C. The normalized spacial score (nSPS) is 10.6. The lowest BCUT2D eigenvalue weighted by Gasteiger charge is -2.06. The number of carbonyl (C=O) groups is 2. The van der Waals surface area contributed by atoms with Crippen molar-refractivity contribution in [1.29, 1.82) is 0 Å². The van der Waals surface area contributed by atoms with Crippen molar-refractivity contribution in [1.82, 2.24) is 9.97 Å². The molecule has 0 unspecified atom stereocenters. The Labute approximate surface area is 156 Å². The van der Waals surface area contributed by atoms with Gasteiger partial charge in [0.1, 0.15) is 5.82 Å². The number of carbonyl (C=O) groups excluding carboxylic acids is 2. The van der Waals surface area contributed by atoms with Crippen LogP contribution in [-0.4, -0.2) is 28.3 Å². The van der Waals surface area contributed by atoms with E-state index in [1.54, 1.807) is 48.5 Å². The first-order valence-electron chi connectivity index (χ1n) is 8.04. The number of aromatic nitrogens is 2. The number of nitrogens with zero attached hydrogens (tertiary/aromatic N) is 1. The molecule has 0 fully saturated rings. The number of nitrogens with one attached hydrogen (secondary N) is 1. The van der Waals surface area contributed by atoms with E-state index in [1.165, 1.54) is 0 Å². The number of imidazole rings is 1. The van der Waals surface area contributed by atoms with Crippen molar-refractivity contribution in [2.45, 2.75) is 13.8 Å². The lowest BCUT2D eigenvalue weighted by atomic mass is 10.1. The minimum absolute atomic E-state index is 0.334. The van der Waals surface area contributed by atoms with E-state index in [0.717, 1.165) is 22.8 Å². The van der Waals surface area contributed by atoms with Gasteiger partial charge in [-0.1, -0.05) is 35.9 Å². The molecule has 0 aliphatic rings. The van der Waals surface area contributed by atoms with Crippen LogP contribution in [0.4, 0.5) is 0 Å². The van der Waals surface area contributed by atoms with Gasteiger partial charge in [0.15, 0.2) is 6.61 Å². The third-order valence-electron chi connectivity index (χ3n) is 4.03. The number of hydrogen-bond acceptors (Lipinski definition) is 4. The summed E-state index contributed by atoms with van der Waals surface area (Å²) in [5.74, 6) is -0.167. The van der Waals surface area contributed by atoms with Gasteiger partial charge in [0.25, 0.3) is 0 Å². The van der Waals surface area contributed by atoms with Crippen LogP contribution in [0.25, 0.3) is 11.4 Å². The van der Waals surface area contributed by atoms with Crippen LogP contribution in [0.1, 0.15) is 32.1 Å². The van der Waals surface area contributed by atoms with Gasteiger partial charge in [-0.05, 0) is 38.1 Å². The molecule has 26 heavy (non-hydrogen) atoms. The van der Waals surface area contributed by atoms with Crippen LogP contribution in [0.3, 0.4) is 0 Å². The molecule has 1 aromatic heterocycles. The van der Waals surface area contributed by atoms with Gasteiger partial charge in [0, 0.05) is 16.8 Å². The molecule has 0 atom stereocenters. The molecular weight excluding hydrogens is 352 g/mol. The molecule has 132 valence electrons. The number of hydrogen-bond donors (Lipinski definition) is 1. The van der Waals surface area contributed by atoms with Gasteiger partial charge in [-0.15, -0.1) is 0 Å². The van der Waals surface area contributed by atoms with Crippen LogP contribution in [0, 0.1) is 13.8 Å². The fraction of sp³-hybridized carbons (Fsp3) is 0.150. The Kier molecular flexibility index (Phi) is 5.19. The second-order valence-corrected chi connectivity index (χ2v) is 6.26. The number of Topliss-reactive ketones (excluding diaryl/α,β-unsaturated/α-hetero) is 1. The maximum atomic E-state index is 12.1. The van der Waals surface area contributed by atoms with E-state index in [4.69, 9.17) is 16.3 Å². The fourth-order valence-corrected chi connectivity index (χ4v) is 2.67. The van der Waals surface area contributed by atoms with E-state index < -0.39 is 5.97 Å². The number of aromatic amines is 1. The predicted octanol–water partition coefficient (Wildman–Crippen LogP) is 4.39. The number of benzene rings is 2. The van der Waals surface area contributed by atoms with Crippen molar-refractivity contribution in [3.8, 4) is 11.4 Å². The molecule has 0 saturated heterocycles. The highest BCUT2D eigenvalue weighted by Crippen LogP contribution is 2.19. The number of ketones is 1. The standard InChI is InChI=1S/C20H17ClN2O3/c1-12-13(2)23-19(22-12)14-7-9-15(10-8-14)20(25)26-11-18(24)16-5-3-4-6-17(16)21/h3-10H,11H2,1-2H3,(H,22,23). The molecule has 3 aromatic rings. The van der Waals surface area contributed by atoms with Crippen molar-refractivity contribution in [3.05, 3.63) is 76.1 Å². The van der Waals surface area contributed by atoms with Crippen molar-refractivity contribution in [2.75, 3.05) is 6.61 Å². The molecule has 1 N–H and O–H groups in total. The molecule has 0 amide bonds. The summed E-state index contributed by atoms with van der Waals surface area (Å²) in [5, 5.41) is 0.335. The summed E-state index contributed by atoms with van der Waals surface area (Å²) in [6.07, 6.45) is 0. The van der Waals surface area contributed by atoms with E-state index in [9.17, 15) is 9.59 Å². The molecule has 0 aliphatic heterocycles. The minimum atomic E-state index is -0.566. The molecule has 1 heterocycles. The van der Waals surface area contributed by atoms with Crippen molar-refractivity contribution in [2.24, 2.45) is 0 Å². The highest BCUT2D eigenvalue weighted by atomic mass is 35.5. The molecule has 0 saturated carbocycles. The topological polar surface area (TPSA) is 72.0 Å². The number of rotatable bonds is 5. The Hall–Kier alpha value is -2.92. The zero-order valence-corrected chi connectivity index (χ0v) is 15.1. The molecule has 2 aromatic carbocycles. The lowest BCUT2D eigenvalue weighted by Crippen LogP contribution is -2.14. The maximum absolute atomic E-state index is 12.1. The molecule has 0 bridgehead atoms. The number of H-pyrrole nitrogens is 1. The van der Waals surface area contributed by atoms with E-state index in [2.05, 4.69) is 9.97 Å². The fourth-order valence-electron chi connectivity index (χ4n) is 2.43. The second-order valence-electron chi connectivity index (χ2n) is 5.85. The first-order valence-corrected chi connectivity index (χ1v) is 8.42. The van der Waals surface area contributed by atoms with Gasteiger partial charge >= 0.3 is 5.97 Å². The monoisotopic (exact) mass is 368 g/mol. The van der Waals surface area contributed by atoms with Gasteiger partial charge < -0.3 is 9.72 Å². The Morgan fingerprint density at radius 3 is 2.38 bits per heavy atom. The Morgan fingerprint density at radius 2 is 1.77 bits per heavy atom. The largest absolute Gasteiger partial charge is 0.454 e. The average Bonchev–Trinajstić information content (AvgIpc) is 2.99. The molecule has 0 aliphatic carbocycles. The minimum Gasteiger partial charge on any atom is -0.454 e. The summed E-state index contributed by atoms with van der Waals surface area (Å²) in [7, 11) is 0. The van der Waals surface area contributed by atoms with Gasteiger partial charge in [-0.2, -0.15) is 0 Å².